The summed E-state index contributed by atoms with van der Waals surface area (Å²) in [6.07, 6.45) is 5.02. The van der Waals surface area contributed by atoms with Crippen LogP contribution >= 0.6 is 15.9 Å². The lowest BCUT2D eigenvalue weighted by atomic mass is 10.1. The summed E-state index contributed by atoms with van der Waals surface area (Å²) in [5.41, 5.74) is -0.128. The average molecular weight is 408 g/mol. The molecule has 134 valence electrons. The minimum Gasteiger partial charge on any atom is -0.490 e. The van der Waals surface area contributed by atoms with E-state index in [-0.39, 0.29) is 11.5 Å². The molecule has 0 unspecified atom stereocenters. The fourth-order valence-corrected chi connectivity index (χ4v) is 3.47. The highest BCUT2D eigenvalue weighted by Gasteiger charge is 2.23. The van der Waals surface area contributed by atoms with Crippen LogP contribution in [0.25, 0.3) is 11.0 Å². The summed E-state index contributed by atoms with van der Waals surface area (Å²) < 4.78 is 12.0. The number of unbranched alkanes of at least 4 members (excludes halogenated alkanes) is 1. The highest BCUT2D eigenvalue weighted by molar-refractivity contribution is 9.10. The number of carbonyl (C=O) groups is 1. The molecular formula is C19H22BrNO4. The molecule has 1 aromatic carbocycles. The summed E-state index contributed by atoms with van der Waals surface area (Å²) in [6.45, 7) is 4.03. The van der Waals surface area contributed by atoms with Crippen LogP contribution in [0.1, 0.15) is 49.4 Å². The molecule has 1 aromatic heterocycles. The Morgan fingerprint density at radius 2 is 2.00 bits per heavy atom. The maximum atomic E-state index is 12.7. The zero-order valence-corrected chi connectivity index (χ0v) is 15.9. The van der Waals surface area contributed by atoms with Gasteiger partial charge in [0, 0.05) is 22.9 Å². The molecule has 1 fully saturated rings. The first kappa shape index (κ1) is 18.0. The fourth-order valence-electron chi connectivity index (χ4n) is 3.02. The van der Waals surface area contributed by atoms with Crippen molar-refractivity contribution in [2.24, 2.45) is 0 Å². The number of ether oxygens (including phenoxy) is 1. The van der Waals surface area contributed by atoms with Crippen LogP contribution in [-0.2, 0) is 0 Å². The minimum absolute atomic E-state index is 0.0898. The number of benzene rings is 1. The lowest BCUT2D eigenvalue weighted by molar-refractivity contribution is 0.0720. The first-order chi connectivity index (χ1) is 12.1. The first-order valence-electron chi connectivity index (χ1n) is 8.79. The van der Waals surface area contributed by atoms with Crippen LogP contribution in [0.4, 0.5) is 0 Å². The number of nitrogens with zero attached hydrogens (tertiary/aromatic N) is 1. The molecule has 0 radical (unpaired) electrons. The average Bonchev–Trinajstić information content (AvgIpc) is 2.62. The Hall–Kier alpha value is -1.82. The van der Waals surface area contributed by atoms with E-state index in [0.29, 0.717) is 36.4 Å². The highest BCUT2D eigenvalue weighted by atomic mass is 79.9. The highest BCUT2D eigenvalue weighted by Crippen LogP contribution is 2.30. The van der Waals surface area contributed by atoms with Crippen molar-refractivity contribution >= 4 is 32.8 Å². The molecule has 0 atom stereocenters. The van der Waals surface area contributed by atoms with Crippen LogP contribution in [0.15, 0.2) is 31.9 Å². The van der Waals surface area contributed by atoms with Crippen molar-refractivity contribution in [1.82, 2.24) is 4.90 Å². The third-order valence-electron chi connectivity index (χ3n) is 4.39. The monoisotopic (exact) mass is 407 g/mol. The van der Waals surface area contributed by atoms with Gasteiger partial charge < -0.3 is 14.1 Å². The molecule has 5 nitrogen and oxygen atoms in total. The molecule has 25 heavy (non-hydrogen) atoms. The van der Waals surface area contributed by atoms with Crippen molar-refractivity contribution in [3.05, 3.63) is 38.7 Å². The van der Waals surface area contributed by atoms with Crippen LogP contribution in [0.5, 0.6) is 5.75 Å². The van der Waals surface area contributed by atoms with Crippen molar-refractivity contribution in [2.75, 3.05) is 19.7 Å². The molecule has 0 bridgehead atoms. The van der Waals surface area contributed by atoms with E-state index in [1.54, 1.807) is 17.0 Å². The zero-order chi connectivity index (χ0) is 17.8. The Kier molecular flexibility index (Phi) is 5.78. The van der Waals surface area contributed by atoms with Gasteiger partial charge in [-0.05, 0) is 43.9 Å². The van der Waals surface area contributed by atoms with E-state index in [1.165, 1.54) is 0 Å². The minimum atomic E-state index is -0.606. The number of rotatable bonds is 5. The van der Waals surface area contributed by atoms with Crippen molar-refractivity contribution in [2.45, 2.75) is 39.0 Å². The van der Waals surface area contributed by atoms with E-state index in [1.807, 2.05) is 6.07 Å². The Morgan fingerprint density at radius 3 is 2.72 bits per heavy atom. The summed E-state index contributed by atoms with van der Waals surface area (Å²) in [7, 11) is 0. The summed E-state index contributed by atoms with van der Waals surface area (Å²) in [5.74, 6) is 0.274. The maximum absolute atomic E-state index is 12.7. The largest absolute Gasteiger partial charge is 0.490 e. The Bertz CT molecular complexity index is 824. The lowest BCUT2D eigenvalue weighted by Gasteiger charge is -2.26. The van der Waals surface area contributed by atoms with E-state index in [9.17, 15) is 9.59 Å². The smallest absolute Gasteiger partial charge is 0.349 e. The summed E-state index contributed by atoms with van der Waals surface area (Å²) in [5, 5.41) is 0.681. The number of hydrogen-bond donors (Lipinski definition) is 0. The molecule has 1 saturated heterocycles. The predicted octanol–water partition coefficient (Wildman–Crippen LogP) is 4.36. The number of hydrogen-bond acceptors (Lipinski definition) is 4. The first-order valence-corrected chi connectivity index (χ1v) is 9.59. The van der Waals surface area contributed by atoms with Gasteiger partial charge in [0.05, 0.1) is 6.61 Å². The molecule has 0 saturated carbocycles. The zero-order valence-electron chi connectivity index (χ0n) is 14.3. The van der Waals surface area contributed by atoms with Crippen molar-refractivity contribution in [3.8, 4) is 5.75 Å². The fraction of sp³-hybridized carbons (Fsp3) is 0.474. The molecule has 2 aromatic rings. The van der Waals surface area contributed by atoms with Gasteiger partial charge in [0.1, 0.15) is 5.56 Å². The molecule has 1 aliphatic rings. The number of halogens is 1. The number of likely N-dealkylation sites (tertiary alicyclic amines) is 1. The van der Waals surface area contributed by atoms with Gasteiger partial charge in [0.15, 0.2) is 11.3 Å². The van der Waals surface area contributed by atoms with E-state index in [4.69, 9.17) is 9.15 Å². The van der Waals surface area contributed by atoms with E-state index in [2.05, 4.69) is 22.9 Å². The third kappa shape index (κ3) is 4.06. The second-order valence-corrected chi connectivity index (χ2v) is 7.24. The van der Waals surface area contributed by atoms with Gasteiger partial charge in [-0.3, -0.25) is 4.79 Å². The second-order valence-electron chi connectivity index (χ2n) is 6.32. The Morgan fingerprint density at radius 1 is 1.24 bits per heavy atom. The van der Waals surface area contributed by atoms with Crippen LogP contribution in [-0.4, -0.2) is 30.5 Å². The normalized spacial score (nSPS) is 14.7. The van der Waals surface area contributed by atoms with Crippen LogP contribution < -0.4 is 10.4 Å². The molecule has 1 aliphatic heterocycles. The van der Waals surface area contributed by atoms with Crippen molar-refractivity contribution in [1.29, 1.82) is 0 Å². The van der Waals surface area contributed by atoms with Gasteiger partial charge in [-0.1, -0.05) is 29.3 Å². The van der Waals surface area contributed by atoms with Crippen LogP contribution in [0.3, 0.4) is 0 Å². The number of amides is 1. The van der Waals surface area contributed by atoms with Crippen LogP contribution in [0.2, 0.25) is 0 Å². The van der Waals surface area contributed by atoms with Crippen molar-refractivity contribution in [3.63, 3.8) is 0 Å². The summed E-state index contributed by atoms with van der Waals surface area (Å²) >= 11 is 3.45. The Labute approximate surface area is 155 Å². The second kappa shape index (κ2) is 8.04. The van der Waals surface area contributed by atoms with Gasteiger partial charge in [0.2, 0.25) is 0 Å². The molecule has 2 heterocycles. The summed E-state index contributed by atoms with van der Waals surface area (Å²) in [6, 6.07) is 5.24. The van der Waals surface area contributed by atoms with Crippen LogP contribution in [0, 0.1) is 0 Å². The van der Waals surface area contributed by atoms with Gasteiger partial charge in [0.25, 0.3) is 5.91 Å². The predicted molar refractivity (Wildman–Crippen MR) is 100 cm³/mol. The summed E-state index contributed by atoms with van der Waals surface area (Å²) in [4.78, 5) is 26.8. The molecule has 1 amide bonds. The van der Waals surface area contributed by atoms with Gasteiger partial charge in [-0.15, -0.1) is 0 Å². The van der Waals surface area contributed by atoms with E-state index < -0.39 is 5.63 Å². The third-order valence-corrected chi connectivity index (χ3v) is 4.85. The standard InChI is InChI=1S/C19H22BrNO4/c1-2-3-9-24-16-12-14(20)10-13-11-15(19(23)25-17(13)16)18(22)21-7-5-4-6-8-21/h10-12H,2-9H2,1H3. The number of carbonyl (C=O) groups excluding carboxylic acids is 1. The lowest BCUT2D eigenvalue weighted by Crippen LogP contribution is -2.37. The number of piperidine rings is 1. The molecule has 0 spiro atoms. The molecule has 0 aliphatic carbocycles. The topological polar surface area (TPSA) is 59.8 Å². The Balaban J connectivity index is 1.98. The molecule has 6 heteroatoms. The SMILES string of the molecule is CCCCOc1cc(Br)cc2cc(C(=O)N3CCCCC3)c(=O)oc12. The molecule has 3 rings (SSSR count). The molecule has 0 N–H and O–H groups in total. The quantitative estimate of drug-likeness (QED) is 0.545. The molecular weight excluding hydrogens is 386 g/mol. The van der Waals surface area contributed by atoms with E-state index in [0.717, 1.165) is 36.6 Å². The number of fused-ring (bicyclic) bond motifs is 1. The van der Waals surface area contributed by atoms with E-state index >= 15 is 0 Å². The van der Waals surface area contributed by atoms with Gasteiger partial charge in [-0.2, -0.15) is 0 Å². The van der Waals surface area contributed by atoms with Gasteiger partial charge >= 0.3 is 5.63 Å². The van der Waals surface area contributed by atoms with Gasteiger partial charge in [-0.25, -0.2) is 4.79 Å². The maximum Gasteiger partial charge on any atom is 0.349 e. The van der Waals surface area contributed by atoms with Crippen molar-refractivity contribution < 1.29 is 13.9 Å².